The number of carbonyl (C=O) groups is 2. The summed E-state index contributed by atoms with van der Waals surface area (Å²) in [7, 11) is 0. The van der Waals surface area contributed by atoms with E-state index in [1.165, 1.54) is 13.0 Å². The Balaban J connectivity index is 0.000000261. The molecule has 0 bridgehead atoms. The summed E-state index contributed by atoms with van der Waals surface area (Å²) in [6.45, 7) is 8.78. The fraction of sp³-hybridized carbons (Fsp3) is 0.500. The van der Waals surface area contributed by atoms with E-state index in [1.807, 2.05) is 30.5 Å². The fourth-order valence-electron chi connectivity index (χ4n) is 4.39. The van der Waals surface area contributed by atoms with Crippen LogP contribution >= 0.6 is 11.6 Å². The van der Waals surface area contributed by atoms with E-state index >= 15 is 0 Å². The Morgan fingerprint density at radius 1 is 0.913 bits per heavy atom. The zero-order chi connectivity index (χ0) is 34.6. The quantitative estimate of drug-likeness (QED) is 0.147. The summed E-state index contributed by atoms with van der Waals surface area (Å²) in [4.78, 5) is 27.9. The van der Waals surface area contributed by atoms with Gasteiger partial charge in [0.05, 0.1) is 18.7 Å². The highest BCUT2D eigenvalue weighted by Crippen LogP contribution is 2.25. The second kappa shape index (κ2) is 18.3. The Labute approximate surface area is 270 Å². The second-order valence-electron chi connectivity index (χ2n) is 10.4. The maximum absolute atomic E-state index is 10.5. The monoisotopic (exact) mass is 671 g/mol. The highest BCUT2D eigenvalue weighted by Gasteiger charge is 2.39. The van der Waals surface area contributed by atoms with Crippen molar-refractivity contribution in [3.05, 3.63) is 58.5 Å². The Hall–Kier alpha value is -3.86. The smallest absolute Gasteiger partial charge is 0.377 e. The third-order valence-electron chi connectivity index (χ3n) is 7.06. The van der Waals surface area contributed by atoms with Gasteiger partial charge >= 0.3 is 11.9 Å². The summed E-state index contributed by atoms with van der Waals surface area (Å²) in [6, 6.07) is 8.35. The lowest BCUT2D eigenvalue weighted by Crippen LogP contribution is -2.31. The molecule has 256 valence electrons. The molecule has 0 saturated heterocycles. The number of fused-ring (bicyclic) bond motifs is 1. The number of hydrogen-bond acceptors (Lipinski definition) is 15. The minimum Gasteiger partial charge on any atom is -0.505 e. The number of esters is 2. The number of hydrogen-bond donors (Lipinski definition) is 9. The number of pyridine rings is 1. The average Bonchev–Trinajstić information content (AvgIpc) is 3.46. The highest BCUT2D eigenvalue weighted by atomic mass is 35.5. The molecule has 0 spiro atoms. The van der Waals surface area contributed by atoms with E-state index < -0.39 is 72.6 Å². The number of cyclic esters (lactones) is 2. The van der Waals surface area contributed by atoms with Crippen LogP contribution in [0, 0.1) is 0 Å². The van der Waals surface area contributed by atoms with Crippen molar-refractivity contribution in [1.29, 1.82) is 0 Å². The SMILES string of the molecule is CCN(CC)CCCC(C)Nc1ccnc2cc(Cl)ccc12.O=C1OC([C@@H](O)CO)C(O)=C1O.O=C1OC([C@@H](O)CO)C(O)=C1O. The fourth-order valence-corrected chi connectivity index (χ4v) is 4.56. The molecule has 16 heteroatoms. The van der Waals surface area contributed by atoms with Gasteiger partial charge in [0.25, 0.3) is 0 Å². The predicted molar refractivity (Wildman–Crippen MR) is 167 cm³/mol. The van der Waals surface area contributed by atoms with Crippen LogP contribution in [0.15, 0.2) is 53.5 Å². The molecule has 46 heavy (non-hydrogen) atoms. The number of aliphatic hydroxyl groups is 8. The van der Waals surface area contributed by atoms with Crippen LogP contribution in [0.3, 0.4) is 0 Å². The first-order chi connectivity index (χ1) is 21.8. The summed E-state index contributed by atoms with van der Waals surface area (Å²) in [6.07, 6.45) is -1.34. The van der Waals surface area contributed by atoms with Crippen molar-refractivity contribution >= 4 is 40.1 Å². The summed E-state index contributed by atoms with van der Waals surface area (Å²) >= 11 is 6.04. The molecule has 0 saturated carbocycles. The second-order valence-corrected chi connectivity index (χ2v) is 10.8. The molecule has 3 heterocycles. The summed E-state index contributed by atoms with van der Waals surface area (Å²) in [5.41, 5.74) is 2.07. The van der Waals surface area contributed by atoms with E-state index in [4.69, 9.17) is 52.5 Å². The molecule has 15 nitrogen and oxygen atoms in total. The van der Waals surface area contributed by atoms with Crippen molar-refractivity contribution in [2.75, 3.05) is 38.2 Å². The maximum Gasteiger partial charge on any atom is 0.377 e. The van der Waals surface area contributed by atoms with Gasteiger partial charge in [0.2, 0.25) is 11.5 Å². The van der Waals surface area contributed by atoms with Gasteiger partial charge in [-0.3, -0.25) is 4.98 Å². The number of benzene rings is 1. The van der Waals surface area contributed by atoms with Crippen LogP contribution in [0.2, 0.25) is 5.02 Å². The van der Waals surface area contributed by atoms with Crippen LogP contribution in [0.5, 0.6) is 0 Å². The predicted octanol–water partition coefficient (Wildman–Crippen LogP) is 2.00. The van der Waals surface area contributed by atoms with Crippen molar-refractivity contribution in [2.45, 2.75) is 64.1 Å². The van der Waals surface area contributed by atoms with Gasteiger partial charge < -0.3 is 60.5 Å². The van der Waals surface area contributed by atoms with Gasteiger partial charge in [-0.2, -0.15) is 0 Å². The molecule has 2 aromatic rings. The van der Waals surface area contributed by atoms with Crippen molar-refractivity contribution in [2.24, 2.45) is 0 Å². The molecule has 4 rings (SSSR count). The van der Waals surface area contributed by atoms with Crippen molar-refractivity contribution < 1.29 is 59.9 Å². The Morgan fingerprint density at radius 3 is 1.87 bits per heavy atom. The van der Waals surface area contributed by atoms with E-state index in [-0.39, 0.29) is 0 Å². The van der Waals surface area contributed by atoms with Crippen LogP contribution in [0.1, 0.15) is 33.6 Å². The number of ether oxygens (including phenoxy) is 2. The van der Waals surface area contributed by atoms with Crippen molar-refractivity contribution in [3.63, 3.8) is 0 Å². The van der Waals surface area contributed by atoms with Crippen LogP contribution in [-0.2, 0) is 19.1 Å². The first-order valence-electron chi connectivity index (χ1n) is 14.6. The van der Waals surface area contributed by atoms with Crippen LogP contribution in [0.4, 0.5) is 5.69 Å². The zero-order valence-electron chi connectivity index (χ0n) is 25.7. The third kappa shape index (κ3) is 10.3. The normalized spacial score (nSPS) is 19.6. The van der Waals surface area contributed by atoms with Gasteiger partial charge in [0, 0.05) is 28.3 Å². The standard InChI is InChI=1S/C18H26ClN3.2C6H8O6/c1-4-22(5-2)12-6-7-14(3)21-17-10-11-20-18-13-15(19)8-9-16(17)18;2*7-1-2(8)5-3(9)4(10)6(11)12-5/h8-11,13-14H,4-7,12H2,1-3H3,(H,20,21);2*2,5,7-10H,1H2/t;2*2-,5?/m.00/s1. The van der Waals surface area contributed by atoms with Gasteiger partial charge in [-0.25, -0.2) is 9.59 Å². The van der Waals surface area contributed by atoms with Crippen molar-refractivity contribution in [1.82, 2.24) is 9.88 Å². The molecule has 2 aliphatic rings. The Morgan fingerprint density at radius 2 is 1.43 bits per heavy atom. The lowest BCUT2D eigenvalue weighted by molar-refractivity contribution is -0.148. The molecule has 2 aliphatic heterocycles. The van der Waals surface area contributed by atoms with Crippen molar-refractivity contribution in [3.8, 4) is 0 Å². The van der Waals surface area contributed by atoms with E-state index in [0.29, 0.717) is 6.04 Å². The Bertz CT molecular complexity index is 1330. The molecular formula is C30H42ClN3O12. The van der Waals surface area contributed by atoms with Gasteiger partial charge in [0.15, 0.2) is 23.7 Å². The molecule has 1 aromatic heterocycles. The summed E-state index contributed by atoms with van der Waals surface area (Å²) in [5, 5.41) is 75.6. The number of carbonyl (C=O) groups excluding carboxylic acids is 2. The topological polar surface area (TPSA) is 243 Å². The molecule has 0 radical (unpaired) electrons. The number of nitrogens with zero attached hydrogens (tertiary/aromatic N) is 2. The lowest BCUT2D eigenvalue weighted by atomic mass is 10.1. The van der Waals surface area contributed by atoms with E-state index in [0.717, 1.165) is 41.1 Å². The molecule has 0 fully saturated rings. The average molecular weight is 672 g/mol. The van der Waals surface area contributed by atoms with Gasteiger partial charge in [-0.1, -0.05) is 25.4 Å². The molecule has 9 N–H and O–H groups in total. The molecular weight excluding hydrogens is 630 g/mol. The van der Waals surface area contributed by atoms with Gasteiger partial charge in [-0.05, 0) is 63.7 Å². The molecule has 0 amide bonds. The first-order valence-corrected chi connectivity index (χ1v) is 14.9. The molecule has 5 atom stereocenters. The largest absolute Gasteiger partial charge is 0.505 e. The van der Waals surface area contributed by atoms with Crippen LogP contribution in [-0.4, -0.2) is 126 Å². The van der Waals surface area contributed by atoms with E-state index in [9.17, 15) is 9.59 Å². The number of nitrogens with one attached hydrogen (secondary N) is 1. The minimum absolute atomic E-state index is 0.442. The number of aliphatic hydroxyl groups excluding tert-OH is 8. The summed E-state index contributed by atoms with van der Waals surface area (Å²) < 4.78 is 8.63. The lowest BCUT2D eigenvalue weighted by Gasteiger charge is -2.20. The van der Waals surface area contributed by atoms with Gasteiger partial charge in [-0.15, -0.1) is 0 Å². The highest BCUT2D eigenvalue weighted by molar-refractivity contribution is 6.31. The third-order valence-corrected chi connectivity index (χ3v) is 7.30. The Kier molecular flexibility index (Phi) is 15.3. The number of halogens is 1. The number of aromatic nitrogens is 1. The summed E-state index contributed by atoms with van der Waals surface area (Å²) in [5.74, 6) is -5.56. The number of rotatable bonds is 12. The van der Waals surface area contributed by atoms with Crippen LogP contribution < -0.4 is 5.32 Å². The molecule has 1 aromatic carbocycles. The van der Waals surface area contributed by atoms with E-state index in [2.05, 4.69) is 45.4 Å². The minimum atomic E-state index is -1.42. The van der Waals surface area contributed by atoms with Crippen LogP contribution in [0.25, 0.3) is 10.9 Å². The molecule has 3 unspecified atom stereocenters. The first kappa shape index (κ1) is 38.3. The number of anilines is 1. The van der Waals surface area contributed by atoms with Gasteiger partial charge in [0.1, 0.15) is 12.2 Å². The zero-order valence-corrected chi connectivity index (χ0v) is 26.5. The van der Waals surface area contributed by atoms with E-state index in [1.54, 1.807) is 0 Å². The maximum atomic E-state index is 10.5. The molecule has 0 aliphatic carbocycles.